The van der Waals surface area contributed by atoms with Gasteiger partial charge in [-0.3, -0.25) is 0 Å². The molecular weight excluding hydrogens is 261 g/mol. The van der Waals surface area contributed by atoms with Gasteiger partial charge in [0.2, 0.25) is 0 Å². The number of nitrogens with one attached hydrogen (secondary N) is 1. The molecule has 0 aromatic heterocycles. The topological polar surface area (TPSA) is 52.5 Å². The Morgan fingerprint density at radius 3 is 2.47 bits per heavy atom. The van der Waals surface area contributed by atoms with Crippen molar-refractivity contribution < 1.29 is 10.2 Å². The molecule has 1 aromatic rings. The Labute approximate surface area is 110 Å². The molecule has 3 N–H and O–H groups in total. The van der Waals surface area contributed by atoms with Gasteiger partial charge in [-0.2, -0.15) is 0 Å². The van der Waals surface area contributed by atoms with Gasteiger partial charge in [-0.15, -0.1) is 0 Å². The highest BCUT2D eigenvalue weighted by molar-refractivity contribution is 6.42. The first-order chi connectivity index (χ1) is 8.10. The molecule has 3 nitrogen and oxygen atoms in total. The van der Waals surface area contributed by atoms with Gasteiger partial charge in [0, 0.05) is 11.0 Å². The Morgan fingerprint density at radius 1 is 1.24 bits per heavy atom. The minimum Gasteiger partial charge on any atom is -0.508 e. The van der Waals surface area contributed by atoms with Gasteiger partial charge < -0.3 is 15.5 Å². The summed E-state index contributed by atoms with van der Waals surface area (Å²) in [7, 11) is 0. The number of rotatable bonds is 2. The minimum absolute atomic E-state index is 0.0394. The summed E-state index contributed by atoms with van der Waals surface area (Å²) in [6.45, 7) is 1.55. The third kappa shape index (κ3) is 2.25. The van der Waals surface area contributed by atoms with E-state index < -0.39 is 5.41 Å². The number of aromatic hydroxyl groups is 1. The second-order valence-corrected chi connectivity index (χ2v) is 5.23. The van der Waals surface area contributed by atoms with E-state index in [1.807, 2.05) is 0 Å². The Kier molecular flexibility index (Phi) is 3.83. The second-order valence-electron chi connectivity index (χ2n) is 4.44. The zero-order valence-electron chi connectivity index (χ0n) is 9.34. The quantitative estimate of drug-likeness (QED) is 0.777. The van der Waals surface area contributed by atoms with E-state index in [0.29, 0.717) is 15.6 Å². The molecule has 0 saturated carbocycles. The summed E-state index contributed by atoms with van der Waals surface area (Å²) in [5.74, 6) is 0.107. The molecule has 17 heavy (non-hydrogen) atoms. The highest BCUT2D eigenvalue weighted by Gasteiger charge is 2.37. The Bertz CT molecular complexity index is 417. The molecule has 0 amide bonds. The normalized spacial score (nSPS) is 19.2. The van der Waals surface area contributed by atoms with Crippen LogP contribution < -0.4 is 5.32 Å². The summed E-state index contributed by atoms with van der Waals surface area (Å²) in [5.41, 5.74) is 0.0905. The van der Waals surface area contributed by atoms with Gasteiger partial charge in [0.15, 0.2) is 0 Å². The molecule has 1 aromatic carbocycles. The van der Waals surface area contributed by atoms with Crippen LogP contribution in [0.25, 0.3) is 0 Å². The zero-order valence-corrected chi connectivity index (χ0v) is 10.9. The van der Waals surface area contributed by atoms with Crippen molar-refractivity contribution in [2.24, 2.45) is 0 Å². The van der Waals surface area contributed by atoms with Crippen molar-refractivity contribution >= 4 is 23.2 Å². The molecular formula is C12H15Cl2NO2. The fourth-order valence-corrected chi connectivity index (χ4v) is 2.96. The molecule has 94 valence electrons. The van der Waals surface area contributed by atoms with Gasteiger partial charge in [0.1, 0.15) is 5.75 Å². The molecule has 0 spiro atoms. The van der Waals surface area contributed by atoms with Crippen LogP contribution in [-0.2, 0) is 5.41 Å². The maximum Gasteiger partial charge on any atom is 0.121 e. The maximum atomic E-state index is 9.99. The van der Waals surface area contributed by atoms with Crippen LogP contribution >= 0.6 is 23.2 Å². The minimum atomic E-state index is -0.489. The first-order valence-corrected chi connectivity index (χ1v) is 6.35. The molecule has 2 rings (SSSR count). The molecule has 0 radical (unpaired) electrons. The molecule has 1 aliphatic rings. The Morgan fingerprint density at radius 2 is 1.88 bits per heavy atom. The van der Waals surface area contributed by atoms with Crippen molar-refractivity contribution in [3.63, 3.8) is 0 Å². The largest absolute Gasteiger partial charge is 0.508 e. The van der Waals surface area contributed by atoms with E-state index in [-0.39, 0.29) is 12.4 Å². The lowest BCUT2D eigenvalue weighted by atomic mass is 9.73. The lowest BCUT2D eigenvalue weighted by molar-refractivity contribution is 0.155. The molecule has 0 aliphatic carbocycles. The van der Waals surface area contributed by atoms with Crippen molar-refractivity contribution in [3.05, 3.63) is 27.7 Å². The van der Waals surface area contributed by atoms with Crippen molar-refractivity contribution in [1.82, 2.24) is 5.32 Å². The number of phenols is 1. The molecule has 0 bridgehead atoms. The molecule has 1 saturated heterocycles. The number of aliphatic hydroxyl groups is 1. The van der Waals surface area contributed by atoms with E-state index in [1.165, 1.54) is 6.07 Å². The Hall–Kier alpha value is -0.480. The number of halogens is 2. The number of benzene rings is 1. The average molecular weight is 276 g/mol. The summed E-state index contributed by atoms with van der Waals surface area (Å²) in [4.78, 5) is 0. The van der Waals surface area contributed by atoms with Gasteiger partial charge in [-0.1, -0.05) is 23.2 Å². The fraction of sp³-hybridized carbons (Fsp3) is 0.500. The zero-order chi connectivity index (χ0) is 12.5. The van der Waals surface area contributed by atoms with Crippen molar-refractivity contribution in [2.45, 2.75) is 18.3 Å². The summed E-state index contributed by atoms with van der Waals surface area (Å²) in [6.07, 6.45) is 1.47. The third-order valence-corrected chi connectivity index (χ3v) is 4.27. The molecule has 1 fully saturated rings. The number of hydrogen-bond acceptors (Lipinski definition) is 3. The summed E-state index contributed by atoms with van der Waals surface area (Å²) in [6, 6.07) is 3.10. The smallest absolute Gasteiger partial charge is 0.121 e. The summed E-state index contributed by atoms with van der Waals surface area (Å²) in [5, 5.41) is 23.7. The number of piperidine rings is 1. The summed E-state index contributed by atoms with van der Waals surface area (Å²) >= 11 is 12.2. The standard InChI is InChI=1S/C12H15Cl2NO2/c13-8-1-2-9(17)10(11(8)14)12(7-16)3-5-15-6-4-12/h1-2,15-17H,3-7H2. The lowest BCUT2D eigenvalue weighted by Gasteiger charge is -2.37. The molecule has 1 aliphatic heterocycles. The first-order valence-electron chi connectivity index (χ1n) is 5.60. The Balaban J connectivity index is 2.53. The SMILES string of the molecule is OCC1(c2c(O)ccc(Cl)c2Cl)CCNCC1. The number of hydrogen-bond donors (Lipinski definition) is 3. The van der Waals surface area contributed by atoms with Crippen LogP contribution in [0.3, 0.4) is 0 Å². The monoisotopic (exact) mass is 275 g/mol. The van der Waals surface area contributed by atoms with E-state index in [1.54, 1.807) is 6.07 Å². The van der Waals surface area contributed by atoms with Crippen LogP contribution in [0.2, 0.25) is 10.0 Å². The van der Waals surface area contributed by atoms with Crippen molar-refractivity contribution in [1.29, 1.82) is 0 Å². The van der Waals surface area contributed by atoms with Gasteiger partial charge in [0.25, 0.3) is 0 Å². The van der Waals surface area contributed by atoms with Crippen molar-refractivity contribution in [3.8, 4) is 5.75 Å². The van der Waals surface area contributed by atoms with E-state index >= 15 is 0 Å². The highest BCUT2D eigenvalue weighted by Crippen LogP contribution is 2.44. The van der Waals surface area contributed by atoms with Gasteiger partial charge in [0.05, 0.1) is 16.7 Å². The fourth-order valence-electron chi connectivity index (χ4n) is 2.44. The van der Waals surface area contributed by atoms with Crippen LogP contribution in [0.15, 0.2) is 12.1 Å². The van der Waals surface area contributed by atoms with Crippen molar-refractivity contribution in [2.75, 3.05) is 19.7 Å². The first kappa shape index (κ1) is 13.0. The van der Waals surface area contributed by atoms with Crippen LogP contribution in [0, 0.1) is 0 Å². The maximum absolute atomic E-state index is 9.99. The van der Waals surface area contributed by atoms with Crippen LogP contribution in [-0.4, -0.2) is 29.9 Å². The van der Waals surface area contributed by atoms with Crippen LogP contribution in [0.1, 0.15) is 18.4 Å². The predicted octanol–water partition coefficient (Wildman–Crippen LogP) is 2.31. The van der Waals surface area contributed by atoms with E-state index in [4.69, 9.17) is 23.2 Å². The lowest BCUT2D eigenvalue weighted by Crippen LogP contribution is -2.42. The highest BCUT2D eigenvalue weighted by atomic mass is 35.5. The number of aliphatic hydroxyl groups excluding tert-OH is 1. The van der Waals surface area contributed by atoms with Gasteiger partial charge in [-0.25, -0.2) is 0 Å². The predicted molar refractivity (Wildman–Crippen MR) is 69.0 cm³/mol. The molecule has 0 unspecified atom stereocenters. The van der Waals surface area contributed by atoms with E-state index in [9.17, 15) is 10.2 Å². The van der Waals surface area contributed by atoms with E-state index in [0.717, 1.165) is 25.9 Å². The summed E-state index contributed by atoms with van der Waals surface area (Å²) < 4.78 is 0. The van der Waals surface area contributed by atoms with Gasteiger partial charge >= 0.3 is 0 Å². The molecule has 1 heterocycles. The average Bonchev–Trinajstić information content (AvgIpc) is 2.35. The molecule has 0 atom stereocenters. The second kappa shape index (κ2) is 5.02. The molecule has 5 heteroatoms. The van der Waals surface area contributed by atoms with E-state index in [2.05, 4.69) is 5.32 Å². The van der Waals surface area contributed by atoms with Crippen LogP contribution in [0.5, 0.6) is 5.75 Å². The van der Waals surface area contributed by atoms with Gasteiger partial charge in [-0.05, 0) is 38.1 Å². The van der Waals surface area contributed by atoms with Crippen LogP contribution in [0.4, 0.5) is 0 Å². The third-order valence-electron chi connectivity index (χ3n) is 3.47. The number of phenolic OH excluding ortho intramolecular Hbond substituents is 1.